The molecule has 3 heterocycles. The van der Waals surface area contributed by atoms with Crippen LogP contribution in [0.4, 0.5) is 5.13 Å². The Morgan fingerprint density at radius 1 is 1.09 bits per heavy atom. The quantitative estimate of drug-likeness (QED) is 0.300. The molecule has 0 aliphatic carbocycles. The first-order valence-corrected chi connectivity index (χ1v) is 13.0. The summed E-state index contributed by atoms with van der Waals surface area (Å²) in [4.78, 5) is 23.5. The van der Waals surface area contributed by atoms with Crippen molar-refractivity contribution in [3.63, 3.8) is 0 Å². The first-order chi connectivity index (χ1) is 15.8. The molecule has 172 valence electrons. The molecule has 0 radical (unpaired) electrons. The Bertz CT molecular complexity index is 1310. The van der Waals surface area contributed by atoms with Crippen molar-refractivity contribution in [1.29, 1.82) is 0 Å². The molecule has 0 aliphatic heterocycles. The molecule has 1 atom stereocenters. The standard InChI is InChI=1S/C26H30N4OS2/c1-15(2)18(6)21-14-33-25(27-21)29-24(31)23-20(28-26-30(23)12-13-32-26)11-10-19-9-7-8-17(5)22(19)16(3)4/h7-16,18H,1-6H3,(H,27,29,31). The number of aryl methyl sites for hydroxylation is 1. The van der Waals surface area contributed by atoms with Gasteiger partial charge in [-0.15, -0.1) is 22.7 Å². The van der Waals surface area contributed by atoms with Crippen molar-refractivity contribution in [3.05, 3.63) is 68.9 Å². The fourth-order valence-corrected chi connectivity index (χ4v) is 5.53. The lowest BCUT2D eigenvalue weighted by Crippen LogP contribution is -2.15. The van der Waals surface area contributed by atoms with Crippen molar-refractivity contribution >= 4 is 50.8 Å². The fraction of sp³-hybridized carbons (Fsp3) is 0.346. The first-order valence-electron chi connectivity index (χ1n) is 11.3. The molecule has 4 aromatic rings. The SMILES string of the molecule is Cc1cccc(C=Cc2nc3sccn3c2C(=O)Nc2nc(C(C)C(C)C)cs2)c1C(C)C. The number of nitrogens with zero attached hydrogens (tertiary/aromatic N) is 3. The predicted molar refractivity (Wildman–Crippen MR) is 141 cm³/mol. The number of hydrogen-bond acceptors (Lipinski definition) is 5. The highest BCUT2D eigenvalue weighted by atomic mass is 32.1. The summed E-state index contributed by atoms with van der Waals surface area (Å²) in [5.74, 6) is 1.04. The predicted octanol–water partition coefficient (Wildman–Crippen LogP) is 7.47. The summed E-state index contributed by atoms with van der Waals surface area (Å²) in [7, 11) is 0. The number of anilines is 1. The second-order valence-corrected chi connectivity index (χ2v) is 10.8. The van der Waals surface area contributed by atoms with Crippen LogP contribution in [-0.4, -0.2) is 20.3 Å². The zero-order chi connectivity index (χ0) is 23.7. The van der Waals surface area contributed by atoms with Crippen molar-refractivity contribution in [2.75, 3.05) is 5.32 Å². The number of hydrogen-bond donors (Lipinski definition) is 1. The summed E-state index contributed by atoms with van der Waals surface area (Å²) in [5.41, 5.74) is 5.93. The molecule has 0 fully saturated rings. The number of rotatable bonds is 7. The molecule has 4 rings (SSSR count). The van der Waals surface area contributed by atoms with Crippen molar-refractivity contribution < 1.29 is 4.79 Å². The van der Waals surface area contributed by atoms with E-state index in [4.69, 9.17) is 4.98 Å². The number of thiazole rings is 2. The number of imidazole rings is 1. The third kappa shape index (κ3) is 4.80. The Kier molecular flexibility index (Phi) is 6.81. The summed E-state index contributed by atoms with van der Waals surface area (Å²) in [6, 6.07) is 6.32. The number of fused-ring (bicyclic) bond motifs is 1. The summed E-state index contributed by atoms with van der Waals surface area (Å²) >= 11 is 2.98. The lowest BCUT2D eigenvalue weighted by molar-refractivity contribution is 0.102. The van der Waals surface area contributed by atoms with Gasteiger partial charge in [-0.2, -0.15) is 0 Å². The number of carbonyl (C=O) groups excluding carboxylic acids is 1. The molecular formula is C26H30N4OS2. The van der Waals surface area contributed by atoms with Gasteiger partial charge in [-0.25, -0.2) is 9.97 Å². The highest BCUT2D eigenvalue weighted by Gasteiger charge is 2.21. The number of aromatic nitrogens is 3. The molecule has 0 aliphatic rings. The van der Waals surface area contributed by atoms with Gasteiger partial charge in [0.25, 0.3) is 5.91 Å². The van der Waals surface area contributed by atoms with Gasteiger partial charge >= 0.3 is 0 Å². The number of amides is 1. The average Bonchev–Trinajstić information content (AvgIpc) is 3.47. The molecule has 33 heavy (non-hydrogen) atoms. The third-order valence-electron chi connectivity index (χ3n) is 6.07. The van der Waals surface area contributed by atoms with E-state index < -0.39 is 0 Å². The van der Waals surface area contributed by atoms with E-state index in [1.54, 1.807) is 0 Å². The van der Waals surface area contributed by atoms with E-state index in [0.717, 1.165) is 16.2 Å². The molecule has 0 saturated heterocycles. The van der Waals surface area contributed by atoms with Crippen LogP contribution in [0.3, 0.4) is 0 Å². The summed E-state index contributed by atoms with van der Waals surface area (Å²) in [6.07, 6.45) is 5.90. The lowest BCUT2D eigenvalue weighted by atomic mass is 9.92. The van der Waals surface area contributed by atoms with Crippen LogP contribution in [0.25, 0.3) is 17.1 Å². The minimum Gasteiger partial charge on any atom is -0.296 e. The molecule has 1 unspecified atom stereocenters. The summed E-state index contributed by atoms with van der Waals surface area (Å²) in [6.45, 7) is 13.1. The average molecular weight is 479 g/mol. The topological polar surface area (TPSA) is 59.3 Å². The highest BCUT2D eigenvalue weighted by Crippen LogP contribution is 2.29. The van der Waals surface area contributed by atoms with Crippen molar-refractivity contribution in [1.82, 2.24) is 14.4 Å². The molecule has 7 heteroatoms. The van der Waals surface area contributed by atoms with E-state index in [0.29, 0.717) is 34.3 Å². The maximum atomic E-state index is 13.3. The third-order valence-corrected chi connectivity index (χ3v) is 7.60. The largest absolute Gasteiger partial charge is 0.296 e. The van der Waals surface area contributed by atoms with Gasteiger partial charge < -0.3 is 0 Å². The van der Waals surface area contributed by atoms with E-state index >= 15 is 0 Å². The van der Waals surface area contributed by atoms with Crippen molar-refractivity contribution in [2.45, 2.75) is 53.4 Å². The number of nitrogens with one attached hydrogen (secondary N) is 1. The van der Waals surface area contributed by atoms with Gasteiger partial charge in [0, 0.05) is 22.9 Å². The van der Waals surface area contributed by atoms with Gasteiger partial charge in [0.1, 0.15) is 5.69 Å². The maximum absolute atomic E-state index is 13.3. The minimum absolute atomic E-state index is 0.202. The Morgan fingerprint density at radius 3 is 2.61 bits per heavy atom. The minimum atomic E-state index is -0.202. The number of benzene rings is 1. The monoisotopic (exact) mass is 478 g/mol. The molecule has 0 spiro atoms. The maximum Gasteiger partial charge on any atom is 0.276 e. The summed E-state index contributed by atoms with van der Waals surface area (Å²) in [5, 5.41) is 7.58. The van der Waals surface area contributed by atoms with Crippen LogP contribution >= 0.6 is 22.7 Å². The van der Waals surface area contributed by atoms with Crippen LogP contribution in [0, 0.1) is 12.8 Å². The molecule has 0 bridgehead atoms. The Hall–Kier alpha value is -2.77. The van der Waals surface area contributed by atoms with Gasteiger partial charge in [-0.05, 0) is 41.5 Å². The van der Waals surface area contributed by atoms with Crippen LogP contribution in [0.15, 0.2) is 35.2 Å². The Labute approximate surface area is 203 Å². The lowest BCUT2D eigenvalue weighted by Gasteiger charge is -2.13. The van der Waals surface area contributed by atoms with Gasteiger partial charge in [0.15, 0.2) is 10.1 Å². The molecular weight excluding hydrogens is 448 g/mol. The van der Waals surface area contributed by atoms with Crippen LogP contribution in [0.5, 0.6) is 0 Å². The van der Waals surface area contributed by atoms with E-state index in [-0.39, 0.29) is 5.91 Å². The zero-order valence-electron chi connectivity index (χ0n) is 19.9. The zero-order valence-corrected chi connectivity index (χ0v) is 21.6. The van der Waals surface area contributed by atoms with E-state index in [2.05, 4.69) is 76.1 Å². The van der Waals surface area contributed by atoms with Gasteiger partial charge in [0.2, 0.25) is 0 Å². The first kappa shape index (κ1) is 23.4. The Morgan fingerprint density at radius 2 is 1.88 bits per heavy atom. The van der Waals surface area contributed by atoms with Gasteiger partial charge in [-0.3, -0.25) is 14.5 Å². The fourth-order valence-electron chi connectivity index (χ4n) is 4.00. The second-order valence-electron chi connectivity index (χ2n) is 9.03. The smallest absolute Gasteiger partial charge is 0.276 e. The second kappa shape index (κ2) is 9.61. The van der Waals surface area contributed by atoms with Crippen LogP contribution < -0.4 is 5.32 Å². The summed E-state index contributed by atoms with van der Waals surface area (Å²) < 4.78 is 1.85. The van der Waals surface area contributed by atoms with E-state index in [9.17, 15) is 4.79 Å². The van der Waals surface area contributed by atoms with Crippen LogP contribution in [0.1, 0.15) is 85.0 Å². The molecule has 3 aromatic heterocycles. The molecule has 5 nitrogen and oxygen atoms in total. The van der Waals surface area contributed by atoms with Gasteiger partial charge in [-0.1, -0.05) is 58.9 Å². The molecule has 1 aromatic carbocycles. The highest BCUT2D eigenvalue weighted by molar-refractivity contribution is 7.15. The van der Waals surface area contributed by atoms with Crippen LogP contribution in [-0.2, 0) is 0 Å². The van der Waals surface area contributed by atoms with Crippen molar-refractivity contribution in [2.24, 2.45) is 5.92 Å². The van der Waals surface area contributed by atoms with Gasteiger partial charge in [0.05, 0.1) is 11.4 Å². The van der Waals surface area contributed by atoms with Crippen LogP contribution in [0.2, 0.25) is 0 Å². The normalized spacial score (nSPS) is 13.0. The molecule has 0 saturated carbocycles. The molecule has 1 amide bonds. The van der Waals surface area contributed by atoms with E-state index in [1.165, 1.54) is 33.8 Å². The Balaban J connectivity index is 1.66. The number of carbonyl (C=O) groups is 1. The van der Waals surface area contributed by atoms with Crippen molar-refractivity contribution in [3.8, 4) is 0 Å². The molecule has 1 N–H and O–H groups in total. The van der Waals surface area contributed by atoms with E-state index in [1.807, 2.05) is 27.4 Å².